The molecule has 0 unspecified atom stereocenters. The van der Waals surface area contributed by atoms with Gasteiger partial charge >= 0.3 is 0 Å². The van der Waals surface area contributed by atoms with Gasteiger partial charge in [-0.05, 0) is 24.3 Å². The normalized spacial score (nSPS) is 16.3. The molecule has 2 heterocycles. The third-order valence-corrected chi connectivity index (χ3v) is 5.70. The molecule has 6 nitrogen and oxygen atoms in total. The molecule has 1 saturated heterocycles. The van der Waals surface area contributed by atoms with Crippen LogP contribution in [0.4, 0.5) is 17.1 Å². The Morgan fingerprint density at radius 3 is 2.88 bits per heavy atom. The van der Waals surface area contributed by atoms with E-state index >= 15 is 0 Å². The van der Waals surface area contributed by atoms with Gasteiger partial charge in [-0.25, -0.2) is 0 Å². The molecule has 2 aliphatic heterocycles. The third-order valence-electron chi connectivity index (χ3n) is 4.58. The van der Waals surface area contributed by atoms with Crippen LogP contribution in [0.15, 0.2) is 46.2 Å². The van der Waals surface area contributed by atoms with Gasteiger partial charge in [0.15, 0.2) is 0 Å². The summed E-state index contributed by atoms with van der Waals surface area (Å²) in [6.45, 7) is 4.82. The Kier molecular flexibility index (Phi) is 5.01. The second-order valence-electron chi connectivity index (χ2n) is 6.37. The molecule has 0 atom stereocenters. The minimum Gasteiger partial charge on any atom is -0.397 e. The molecular formula is C19H22N4O2S. The van der Waals surface area contributed by atoms with Crippen LogP contribution >= 0.6 is 11.8 Å². The lowest BCUT2D eigenvalue weighted by atomic mass is 10.1. The molecule has 7 heteroatoms. The summed E-state index contributed by atoms with van der Waals surface area (Å²) in [6, 6.07) is 11.7. The van der Waals surface area contributed by atoms with Gasteiger partial charge < -0.3 is 21.1 Å². The lowest BCUT2D eigenvalue weighted by Gasteiger charge is -2.26. The number of carbonyl (C=O) groups excluding carboxylic acids is 1. The molecule has 2 aromatic carbocycles. The van der Waals surface area contributed by atoms with Gasteiger partial charge in [-0.15, -0.1) is 0 Å². The maximum Gasteiger partial charge on any atom is 0.251 e. The number of hydrogen-bond donors (Lipinski definition) is 3. The van der Waals surface area contributed by atoms with Crippen molar-refractivity contribution in [2.75, 3.05) is 50.4 Å². The second kappa shape index (κ2) is 7.57. The first-order valence-corrected chi connectivity index (χ1v) is 9.58. The Balaban J connectivity index is 1.43. The molecule has 0 saturated carbocycles. The standard InChI is InChI=1S/C19H22N4O2S/c20-14-11-13(19(24)21-5-6-23-7-9-25-10-8-23)12-17-18(14)22-15-3-1-2-4-16(15)26-17/h1-4,11-12,22H,5-10,20H2,(H,21,24). The first kappa shape index (κ1) is 17.2. The molecule has 2 aliphatic rings. The molecule has 1 fully saturated rings. The number of anilines is 3. The highest BCUT2D eigenvalue weighted by Crippen LogP contribution is 2.46. The zero-order chi connectivity index (χ0) is 17.9. The number of rotatable bonds is 4. The molecule has 26 heavy (non-hydrogen) atoms. The van der Waals surface area contributed by atoms with Crippen molar-refractivity contribution < 1.29 is 9.53 Å². The third kappa shape index (κ3) is 3.65. The number of benzene rings is 2. The number of nitrogens with two attached hydrogens (primary N) is 1. The molecule has 0 aliphatic carbocycles. The maximum absolute atomic E-state index is 12.5. The average molecular weight is 370 g/mol. The largest absolute Gasteiger partial charge is 0.397 e. The van der Waals surface area contributed by atoms with Crippen molar-refractivity contribution in [3.63, 3.8) is 0 Å². The first-order valence-electron chi connectivity index (χ1n) is 8.76. The highest BCUT2D eigenvalue weighted by Gasteiger charge is 2.20. The van der Waals surface area contributed by atoms with E-state index in [1.54, 1.807) is 17.8 Å². The smallest absolute Gasteiger partial charge is 0.251 e. The second-order valence-corrected chi connectivity index (χ2v) is 7.46. The van der Waals surface area contributed by atoms with Crippen molar-refractivity contribution in [2.45, 2.75) is 9.79 Å². The number of nitrogens with zero attached hydrogens (tertiary/aromatic N) is 1. The number of morpholine rings is 1. The van der Waals surface area contributed by atoms with Crippen LogP contribution in [0, 0.1) is 0 Å². The molecule has 4 rings (SSSR count). The number of para-hydroxylation sites is 1. The van der Waals surface area contributed by atoms with E-state index in [1.165, 1.54) is 0 Å². The monoisotopic (exact) mass is 370 g/mol. The summed E-state index contributed by atoms with van der Waals surface area (Å²) in [7, 11) is 0. The highest BCUT2D eigenvalue weighted by atomic mass is 32.2. The fraction of sp³-hybridized carbons (Fsp3) is 0.316. The van der Waals surface area contributed by atoms with Crippen LogP contribution in [-0.4, -0.2) is 50.2 Å². The van der Waals surface area contributed by atoms with Gasteiger partial charge in [0, 0.05) is 41.5 Å². The fourth-order valence-electron chi connectivity index (χ4n) is 3.15. The number of hydrogen-bond acceptors (Lipinski definition) is 6. The van der Waals surface area contributed by atoms with E-state index in [1.807, 2.05) is 24.3 Å². The highest BCUT2D eigenvalue weighted by molar-refractivity contribution is 7.99. The van der Waals surface area contributed by atoms with Gasteiger partial charge in [-0.1, -0.05) is 23.9 Å². The van der Waals surface area contributed by atoms with Gasteiger partial charge in [-0.3, -0.25) is 9.69 Å². The topological polar surface area (TPSA) is 79.6 Å². The Morgan fingerprint density at radius 2 is 2.04 bits per heavy atom. The number of amides is 1. The van der Waals surface area contributed by atoms with Gasteiger partial charge in [0.05, 0.1) is 30.3 Å². The zero-order valence-corrected chi connectivity index (χ0v) is 15.3. The maximum atomic E-state index is 12.5. The van der Waals surface area contributed by atoms with E-state index in [0.29, 0.717) is 17.8 Å². The van der Waals surface area contributed by atoms with Crippen molar-refractivity contribution in [3.05, 3.63) is 42.0 Å². The summed E-state index contributed by atoms with van der Waals surface area (Å²) in [5.41, 5.74) is 9.30. The Morgan fingerprint density at radius 1 is 1.23 bits per heavy atom. The van der Waals surface area contributed by atoms with Crippen LogP contribution in [0.25, 0.3) is 0 Å². The van der Waals surface area contributed by atoms with Crippen molar-refractivity contribution >= 4 is 34.7 Å². The van der Waals surface area contributed by atoms with Crippen LogP contribution < -0.4 is 16.4 Å². The molecule has 0 radical (unpaired) electrons. The number of ether oxygens (including phenoxy) is 1. The fourth-order valence-corrected chi connectivity index (χ4v) is 4.22. The lowest BCUT2D eigenvalue weighted by molar-refractivity contribution is 0.0383. The van der Waals surface area contributed by atoms with E-state index in [2.05, 4.69) is 21.6 Å². The SMILES string of the molecule is Nc1cc(C(=O)NCCN2CCOCC2)cc2c1Nc1ccccc1S2. The zero-order valence-electron chi connectivity index (χ0n) is 14.5. The van der Waals surface area contributed by atoms with Crippen LogP contribution in [0.2, 0.25) is 0 Å². The van der Waals surface area contributed by atoms with E-state index < -0.39 is 0 Å². The van der Waals surface area contributed by atoms with E-state index in [9.17, 15) is 4.79 Å². The van der Waals surface area contributed by atoms with Gasteiger partial charge in [-0.2, -0.15) is 0 Å². The number of nitrogens with one attached hydrogen (secondary N) is 2. The van der Waals surface area contributed by atoms with E-state index in [-0.39, 0.29) is 5.91 Å². The van der Waals surface area contributed by atoms with Crippen molar-refractivity contribution in [2.24, 2.45) is 0 Å². The van der Waals surface area contributed by atoms with Crippen LogP contribution in [0.3, 0.4) is 0 Å². The molecule has 0 bridgehead atoms. The van der Waals surface area contributed by atoms with Gasteiger partial charge in [0.25, 0.3) is 5.91 Å². The Bertz CT molecular complexity index is 821. The summed E-state index contributed by atoms with van der Waals surface area (Å²) >= 11 is 1.63. The molecule has 2 aromatic rings. The Labute approximate surface area is 157 Å². The quantitative estimate of drug-likeness (QED) is 0.613. The minimum absolute atomic E-state index is 0.0905. The Hall–Kier alpha value is -2.22. The van der Waals surface area contributed by atoms with Crippen LogP contribution in [-0.2, 0) is 4.74 Å². The van der Waals surface area contributed by atoms with Gasteiger partial charge in [0.1, 0.15) is 0 Å². The number of nitrogen functional groups attached to an aromatic ring is 1. The van der Waals surface area contributed by atoms with Crippen molar-refractivity contribution in [1.82, 2.24) is 10.2 Å². The lowest BCUT2D eigenvalue weighted by Crippen LogP contribution is -2.41. The molecule has 1 amide bonds. The predicted molar refractivity (Wildman–Crippen MR) is 104 cm³/mol. The number of fused-ring (bicyclic) bond motifs is 2. The molecule has 0 aromatic heterocycles. The molecule has 136 valence electrons. The van der Waals surface area contributed by atoms with E-state index in [4.69, 9.17) is 10.5 Å². The summed E-state index contributed by atoms with van der Waals surface area (Å²) < 4.78 is 5.34. The predicted octanol–water partition coefficient (Wildman–Crippen LogP) is 2.54. The average Bonchev–Trinajstić information content (AvgIpc) is 2.67. The molecule has 0 spiro atoms. The molecular weight excluding hydrogens is 348 g/mol. The van der Waals surface area contributed by atoms with Crippen LogP contribution in [0.1, 0.15) is 10.4 Å². The van der Waals surface area contributed by atoms with Gasteiger partial charge in [0.2, 0.25) is 0 Å². The van der Waals surface area contributed by atoms with Crippen molar-refractivity contribution in [1.29, 1.82) is 0 Å². The van der Waals surface area contributed by atoms with E-state index in [0.717, 1.165) is 54.0 Å². The first-order chi connectivity index (χ1) is 12.7. The van der Waals surface area contributed by atoms with Crippen LogP contribution in [0.5, 0.6) is 0 Å². The number of carbonyl (C=O) groups is 1. The summed E-state index contributed by atoms with van der Waals surface area (Å²) in [5.74, 6) is -0.0905. The molecule has 4 N–H and O–H groups in total. The summed E-state index contributed by atoms with van der Waals surface area (Å²) in [6.07, 6.45) is 0. The minimum atomic E-state index is -0.0905. The summed E-state index contributed by atoms with van der Waals surface area (Å²) in [5, 5.41) is 6.36. The van der Waals surface area contributed by atoms with Crippen molar-refractivity contribution in [3.8, 4) is 0 Å². The summed E-state index contributed by atoms with van der Waals surface area (Å²) in [4.78, 5) is 16.9.